The number of carbonyl (C=O) groups is 2. The summed E-state index contributed by atoms with van der Waals surface area (Å²) in [6.45, 7) is 0.340. The average molecular weight is 440 g/mol. The minimum absolute atomic E-state index is 0.105. The lowest BCUT2D eigenvalue weighted by Gasteiger charge is -2.07. The Hall–Kier alpha value is -4.19. The second kappa shape index (κ2) is 10.9. The van der Waals surface area contributed by atoms with E-state index >= 15 is 0 Å². The van der Waals surface area contributed by atoms with Crippen molar-refractivity contribution in [2.24, 2.45) is 0 Å². The number of esters is 1. The number of carbonyl (C=O) groups excluding carboxylic acids is 2. The van der Waals surface area contributed by atoms with Crippen LogP contribution in [0.25, 0.3) is 16.9 Å². The zero-order valence-electron chi connectivity index (χ0n) is 18.2. The van der Waals surface area contributed by atoms with Crippen molar-refractivity contribution in [3.8, 4) is 16.9 Å². The summed E-state index contributed by atoms with van der Waals surface area (Å²) in [4.78, 5) is 24.3. The number of para-hydroxylation sites is 1. The first-order chi connectivity index (χ1) is 16.2. The molecule has 6 heteroatoms. The molecule has 0 aliphatic carbocycles. The third-order valence-corrected chi connectivity index (χ3v) is 5.11. The molecule has 33 heavy (non-hydrogen) atoms. The summed E-state index contributed by atoms with van der Waals surface area (Å²) in [5.74, 6) is -0.494. The molecule has 3 aromatic carbocycles. The summed E-state index contributed by atoms with van der Waals surface area (Å²) < 4.78 is 7.28. The zero-order chi connectivity index (χ0) is 22.9. The zero-order valence-corrected chi connectivity index (χ0v) is 18.2. The lowest BCUT2D eigenvalue weighted by Crippen LogP contribution is -2.27. The molecule has 0 aliphatic heterocycles. The maximum absolute atomic E-state index is 12.3. The summed E-state index contributed by atoms with van der Waals surface area (Å²) in [5, 5.41) is 7.49. The van der Waals surface area contributed by atoms with Crippen molar-refractivity contribution in [1.29, 1.82) is 0 Å². The van der Waals surface area contributed by atoms with Gasteiger partial charge in [0.15, 0.2) is 0 Å². The number of hydrogen-bond donors (Lipinski definition) is 1. The summed E-state index contributed by atoms with van der Waals surface area (Å²) in [6, 6.07) is 29.1. The van der Waals surface area contributed by atoms with Gasteiger partial charge in [-0.25, -0.2) is 4.68 Å². The number of amides is 1. The van der Waals surface area contributed by atoms with Crippen LogP contribution in [-0.2, 0) is 27.4 Å². The Balaban J connectivity index is 1.34. The van der Waals surface area contributed by atoms with Crippen molar-refractivity contribution in [3.05, 3.63) is 108 Å². The van der Waals surface area contributed by atoms with E-state index in [0.717, 1.165) is 28.1 Å². The molecule has 1 aromatic heterocycles. The lowest BCUT2D eigenvalue weighted by atomic mass is 10.1. The Labute approximate surface area is 192 Å². The van der Waals surface area contributed by atoms with E-state index in [1.54, 1.807) is 4.68 Å². The molecular weight excluding hydrogens is 414 g/mol. The molecule has 0 saturated carbocycles. The standard InChI is InChI=1S/C27H25N3O3/c31-25(18-21-10-4-1-5-11-21)28-17-16-26(32)33-20-23-19-30(24-14-8-3-9-15-24)29-27(23)22-12-6-2-7-13-22/h1-15,19H,16-18,20H2,(H,28,31). The highest BCUT2D eigenvalue weighted by Gasteiger charge is 2.14. The number of nitrogens with zero attached hydrogens (tertiary/aromatic N) is 2. The first-order valence-electron chi connectivity index (χ1n) is 10.8. The highest BCUT2D eigenvalue weighted by atomic mass is 16.5. The Morgan fingerprint density at radius 3 is 2.18 bits per heavy atom. The minimum atomic E-state index is -0.374. The Kier molecular flexibility index (Phi) is 7.28. The third kappa shape index (κ3) is 6.17. The van der Waals surface area contributed by atoms with Gasteiger partial charge in [-0.15, -0.1) is 0 Å². The first kappa shape index (κ1) is 22.0. The van der Waals surface area contributed by atoms with Crippen molar-refractivity contribution < 1.29 is 14.3 Å². The average Bonchev–Trinajstić information content (AvgIpc) is 3.29. The largest absolute Gasteiger partial charge is 0.461 e. The van der Waals surface area contributed by atoms with Crippen LogP contribution in [0, 0.1) is 0 Å². The number of nitrogens with one attached hydrogen (secondary N) is 1. The van der Waals surface area contributed by atoms with Gasteiger partial charge in [0.2, 0.25) is 5.91 Å². The lowest BCUT2D eigenvalue weighted by molar-refractivity contribution is -0.144. The predicted octanol–water partition coefficient (Wildman–Crippen LogP) is 4.33. The number of hydrogen-bond acceptors (Lipinski definition) is 4. The molecule has 1 N–H and O–H groups in total. The molecule has 0 bridgehead atoms. The van der Waals surface area contributed by atoms with Crippen LogP contribution in [0.5, 0.6) is 0 Å². The van der Waals surface area contributed by atoms with Crippen molar-refractivity contribution >= 4 is 11.9 Å². The van der Waals surface area contributed by atoms with Crippen molar-refractivity contribution in [2.45, 2.75) is 19.4 Å². The topological polar surface area (TPSA) is 73.2 Å². The molecule has 0 spiro atoms. The van der Waals surface area contributed by atoms with Crippen molar-refractivity contribution in [2.75, 3.05) is 6.54 Å². The Bertz CT molecular complexity index is 1190. The quantitative estimate of drug-likeness (QED) is 0.394. The molecule has 0 radical (unpaired) electrons. The van der Waals surface area contributed by atoms with Gasteiger partial charge in [0.1, 0.15) is 6.61 Å². The molecule has 0 atom stereocenters. The van der Waals surface area contributed by atoms with Crippen LogP contribution >= 0.6 is 0 Å². The number of ether oxygens (including phenoxy) is 1. The molecule has 166 valence electrons. The highest BCUT2D eigenvalue weighted by molar-refractivity contribution is 5.79. The molecule has 4 rings (SSSR count). The second-order valence-corrected chi connectivity index (χ2v) is 7.57. The summed E-state index contributed by atoms with van der Waals surface area (Å²) in [7, 11) is 0. The molecule has 0 saturated heterocycles. The maximum atomic E-state index is 12.3. The smallest absolute Gasteiger partial charge is 0.307 e. The molecule has 0 fully saturated rings. The SMILES string of the molecule is O=C(Cc1ccccc1)NCCC(=O)OCc1cn(-c2ccccc2)nc1-c1ccccc1. The fourth-order valence-electron chi connectivity index (χ4n) is 3.45. The van der Waals surface area contributed by atoms with Gasteiger partial charge in [-0.2, -0.15) is 5.10 Å². The van der Waals surface area contributed by atoms with Gasteiger partial charge in [0, 0.05) is 23.9 Å². The van der Waals surface area contributed by atoms with Gasteiger partial charge in [-0.05, 0) is 17.7 Å². The molecule has 1 heterocycles. The highest BCUT2D eigenvalue weighted by Crippen LogP contribution is 2.24. The van der Waals surface area contributed by atoms with E-state index in [9.17, 15) is 9.59 Å². The van der Waals surface area contributed by atoms with Gasteiger partial charge < -0.3 is 10.1 Å². The van der Waals surface area contributed by atoms with E-state index in [1.165, 1.54) is 0 Å². The summed E-state index contributed by atoms with van der Waals surface area (Å²) in [5.41, 5.74) is 4.39. The van der Waals surface area contributed by atoms with Crippen molar-refractivity contribution in [3.63, 3.8) is 0 Å². The minimum Gasteiger partial charge on any atom is -0.461 e. The third-order valence-electron chi connectivity index (χ3n) is 5.11. The molecule has 0 unspecified atom stereocenters. The normalized spacial score (nSPS) is 10.5. The summed E-state index contributed by atoms with van der Waals surface area (Å²) in [6.07, 6.45) is 2.27. The van der Waals surface area contributed by atoms with Crippen LogP contribution in [0.2, 0.25) is 0 Å². The van der Waals surface area contributed by atoms with E-state index in [1.807, 2.05) is 97.2 Å². The van der Waals surface area contributed by atoms with E-state index in [2.05, 4.69) is 5.32 Å². The van der Waals surface area contributed by atoms with E-state index < -0.39 is 0 Å². The van der Waals surface area contributed by atoms with Gasteiger partial charge in [-0.3, -0.25) is 9.59 Å². The van der Waals surface area contributed by atoms with E-state index in [4.69, 9.17) is 9.84 Å². The van der Waals surface area contributed by atoms with Gasteiger partial charge in [-0.1, -0.05) is 78.9 Å². The van der Waals surface area contributed by atoms with Gasteiger partial charge in [0.05, 0.1) is 24.2 Å². The van der Waals surface area contributed by atoms with E-state index in [0.29, 0.717) is 0 Å². The second-order valence-electron chi connectivity index (χ2n) is 7.57. The monoisotopic (exact) mass is 439 g/mol. The first-order valence-corrected chi connectivity index (χ1v) is 10.8. The number of benzene rings is 3. The predicted molar refractivity (Wildman–Crippen MR) is 127 cm³/mol. The van der Waals surface area contributed by atoms with Gasteiger partial charge in [0.25, 0.3) is 0 Å². The van der Waals surface area contributed by atoms with Crippen molar-refractivity contribution in [1.82, 2.24) is 15.1 Å². The van der Waals surface area contributed by atoms with E-state index in [-0.39, 0.29) is 37.9 Å². The van der Waals surface area contributed by atoms with Gasteiger partial charge >= 0.3 is 5.97 Å². The van der Waals surface area contributed by atoms with Crippen LogP contribution in [0.4, 0.5) is 0 Å². The Morgan fingerprint density at radius 1 is 0.848 bits per heavy atom. The number of aromatic nitrogens is 2. The number of rotatable bonds is 9. The Morgan fingerprint density at radius 2 is 1.48 bits per heavy atom. The molecule has 1 amide bonds. The molecular formula is C27H25N3O3. The molecule has 0 aliphatic rings. The van der Waals surface area contributed by atoms with Crippen LogP contribution in [-0.4, -0.2) is 28.2 Å². The maximum Gasteiger partial charge on any atom is 0.307 e. The van der Waals surface area contributed by atoms with Crippen LogP contribution in [0.15, 0.2) is 97.2 Å². The van der Waals surface area contributed by atoms with Crippen LogP contribution < -0.4 is 5.32 Å². The fraction of sp³-hybridized carbons (Fsp3) is 0.148. The fourth-order valence-corrected chi connectivity index (χ4v) is 3.45. The van der Waals surface area contributed by atoms with Crippen LogP contribution in [0.1, 0.15) is 17.5 Å². The molecule has 6 nitrogen and oxygen atoms in total. The van der Waals surface area contributed by atoms with Crippen LogP contribution in [0.3, 0.4) is 0 Å². The molecule has 4 aromatic rings. The summed E-state index contributed by atoms with van der Waals surface area (Å²) >= 11 is 0.